The number of nitriles is 1. The van der Waals surface area contributed by atoms with Crippen molar-refractivity contribution in [2.45, 2.75) is 19.9 Å². The van der Waals surface area contributed by atoms with Crippen LogP contribution in [0.1, 0.15) is 24.5 Å². The van der Waals surface area contributed by atoms with Gasteiger partial charge in [0.1, 0.15) is 0 Å². The fourth-order valence-electron chi connectivity index (χ4n) is 2.11. The van der Waals surface area contributed by atoms with E-state index >= 15 is 0 Å². The number of guanidine groups is 1. The molecule has 0 radical (unpaired) electrons. The third-order valence-corrected chi connectivity index (χ3v) is 3.30. The number of nitrogens with zero attached hydrogens (tertiary/aromatic N) is 2. The van der Waals surface area contributed by atoms with Gasteiger partial charge >= 0.3 is 0 Å². The van der Waals surface area contributed by atoms with E-state index in [1.54, 1.807) is 0 Å². The van der Waals surface area contributed by atoms with Crippen LogP contribution in [0.2, 0.25) is 0 Å². The summed E-state index contributed by atoms with van der Waals surface area (Å²) in [5, 5.41) is 12.2. The van der Waals surface area contributed by atoms with Crippen LogP contribution in [0.3, 0.4) is 0 Å². The molecule has 4 heteroatoms. The smallest absolute Gasteiger partial charge is 0.188 e. The first-order valence-corrected chi connectivity index (χ1v) is 7.37. The summed E-state index contributed by atoms with van der Waals surface area (Å²) < 4.78 is 0. The lowest BCUT2D eigenvalue weighted by atomic mass is 9.99. The number of nitrogens with one attached hydrogen (secondary N) is 1. The highest BCUT2D eigenvalue weighted by Crippen LogP contribution is 2.23. The van der Waals surface area contributed by atoms with Gasteiger partial charge in [0, 0.05) is 6.54 Å². The molecule has 0 saturated carbocycles. The fourth-order valence-corrected chi connectivity index (χ4v) is 2.11. The van der Waals surface area contributed by atoms with Crippen molar-refractivity contribution in [1.82, 2.24) is 5.32 Å². The van der Waals surface area contributed by atoms with Gasteiger partial charge < -0.3 is 11.1 Å². The lowest BCUT2D eigenvalue weighted by molar-refractivity contribution is 0.825. The van der Waals surface area contributed by atoms with Gasteiger partial charge in [0.25, 0.3) is 0 Å². The number of aliphatic imine (C=N–C) groups is 1. The number of hydrogen-bond acceptors (Lipinski definition) is 2. The number of benzene rings is 2. The number of rotatable bonds is 5. The molecule has 0 aliphatic carbocycles. The van der Waals surface area contributed by atoms with Crippen LogP contribution < -0.4 is 11.1 Å². The van der Waals surface area contributed by atoms with E-state index in [1.807, 2.05) is 48.5 Å². The molecular weight excluding hydrogens is 272 g/mol. The summed E-state index contributed by atoms with van der Waals surface area (Å²) in [5.74, 6) is 0.473. The van der Waals surface area contributed by atoms with Gasteiger partial charge in [-0.2, -0.15) is 5.26 Å². The minimum Gasteiger partial charge on any atom is -0.370 e. The Hall–Kier alpha value is -2.80. The molecule has 0 aromatic heterocycles. The van der Waals surface area contributed by atoms with E-state index in [1.165, 1.54) is 0 Å². The minimum absolute atomic E-state index is 0.473. The highest BCUT2D eigenvalue weighted by atomic mass is 15.1. The average Bonchev–Trinajstić information content (AvgIpc) is 2.58. The summed E-state index contributed by atoms with van der Waals surface area (Å²) >= 11 is 0. The van der Waals surface area contributed by atoms with Gasteiger partial charge in [-0.25, -0.2) is 4.99 Å². The molecule has 0 bridgehead atoms. The molecule has 0 unspecified atom stereocenters. The maximum absolute atomic E-state index is 9.16. The molecule has 0 amide bonds. The maximum atomic E-state index is 9.16. The van der Waals surface area contributed by atoms with Gasteiger partial charge in [-0.1, -0.05) is 49.4 Å². The van der Waals surface area contributed by atoms with Crippen LogP contribution >= 0.6 is 0 Å². The lowest BCUT2D eigenvalue weighted by Gasteiger charge is -2.06. The zero-order valence-electron chi connectivity index (χ0n) is 12.7. The Balaban J connectivity index is 2.09. The standard InChI is InChI=1S/C18H20N4/c1-2-11-21-18(20)22-13-14-7-9-15(10-8-14)17-6-4-3-5-16(17)12-19/h3-10H,2,11,13H2,1H3,(H3,20,21,22). The molecule has 0 heterocycles. The first-order valence-electron chi connectivity index (χ1n) is 7.37. The Kier molecular flexibility index (Phi) is 5.56. The average molecular weight is 292 g/mol. The molecule has 0 fully saturated rings. The molecule has 0 spiro atoms. The third kappa shape index (κ3) is 4.10. The largest absolute Gasteiger partial charge is 0.370 e. The monoisotopic (exact) mass is 292 g/mol. The fraction of sp³-hybridized carbons (Fsp3) is 0.222. The zero-order valence-corrected chi connectivity index (χ0v) is 12.7. The van der Waals surface area contributed by atoms with Crippen molar-refractivity contribution in [3.8, 4) is 17.2 Å². The molecular formula is C18H20N4. The maximum Gasteiger partial charge on any atom is 0.188 e. The van der Waals surface area contributed by atoms with Gasteiger partial charge in [-0.15, -0.1) is 0 Å². The van der Waals surface area contributed by atoms with Crippen molar-refractivity contribution in [3.05, 3.63) is 59.7 Å². The van der Waals surface area contributed by atoms with E-state index in [9.17, 15) is 0 Å². The Bertz CT molecular complexity index is 681. The Labute approximate surface area is 131 Å². The van der Waals surface area contributed by atoms with Crippen molar-refractivity contribution >= 4 is 5.96 Å². The van der Waals surface area contributed by atoms with Crippen molar-refractivity contribution in [3.63, 3.8) is 0 Å². The van der Waals surface area contributed by atoms with E-state index in [0.717, 1.165) is 29.7 Å². The molecule has 2 aromatic carbocycles. The second-order valence-corrected chi connectivity index (χ2v) is 4.98. The summed E-state index contributed by atoms with van der Waals surface area (Å²) in [4.78, 5) is 4.30. The molecule has 22 heavy (non-hydrogen) atoms. The number of nitrogens with two attached hydrogens (primary N) is 1. The molecule has 2 rings (SSSR count). The van der Waals surface area contributed by atoms with Crippen molar-refractivity contribution in [2.24, 2.45) is 10.7 Å². The van der Waals surface area contributed by atoms with Crippen LogP contribution in [-0.4, -0.2) is 12.5 Å². The molecule has 4 nitrogen and oxygen atoms in total. The SMILES string of the molecule is CCCNC(N)=NCc1ccc(-c2ccccc2C#N)cc1. The lowest BCUT2D eigenvalue weighted by Crippen LogP contribution is -2.32. The highest BCUT2D eigenvalue weighted by Gasteiger charge is 2.03. The van der Waals surface area contributed by atoms with Gasteiger partial charge in [-0.05, 0) is 29.2 Å². The van der Waals surface area contributed by atoms with Crippen LogP contribution in [0.4, 0.5) is 0 Å². The van der Waals surface area contributed by atoms with E-state index in [4.69, 9.17) is 11.0 Å². The molecule has 112 valence electrons. The first-order chi connectivity index (χ1) is 10.7. The van der Waals surface area contributed by atoms with Crippen LogP contribution in [0.25, 0.3) is 11.1 Å². The van der Waals surface area contributed by atoms with E-state index < -0.39 is 0 Å². The van der Waals surface area contributed by atoms with Crippen LogP contribution in [-0.2, 0) is 6.54 Å². The van der Waals surface area contributed by atoms with E-state index in [0.29, 0.717) is 18.1 Å². The predicted octanol–water partition coefficient (Wildman–Crippen LogP) is 3.04. The van der Waals surface area contributed by atoms with Crippen LogP contribution in [0, 0.1) is 11.3 Å². The molecule has 0 aliphatic heterocycles. The van der Waals surface area contributed by atoms with E-state index in [-0.39, 0.29) is 0 Å². The topological polar surface area (TPSA) is 74.2 Å². The molecule has 0 aliphatic rings. The van der Waals surface area contributed by atoms with Gasteiger partial charge in [0.2, 0.25) is 0 Å². The predicted molar refractivity (Wildman–Crippen MR) is 90.2 cm³/mol. The highest BCUT2D eigenvalue weighted by molar-refractivity contribution is 5.77. The van der Waals surface area contributed by atoms with Crippen molar-refractivity contribution < 1.29 is 0 Å². The molecule has 2 aromatic rings. The second-order valence-electron chi connectivity index (χ2n) is 4.98. The van der Waals surface area contributed by atoms with Crippen molar-refractivity contribution in [1.29, 1.82) is 5.26 Å². The third-order valence-electron chi connectivity index (χ3n) is 3.30. The Morgan fingerprint density at radius 3 is 2.59 bits per heavy atom. The minimum atomic E-state index is 0.473. The summed E-state index contributed by atoms with van der Waals surface area (Å²) in [6.45, 7) is 3.46. The normalized spacial score (nSPS) is 11.0. The summed E-state index contributed by atoms with van der Waals surface area (Å²) in [7, 11) is 0. The van der Waals surface area contributed by atoms with Gasteiger partial charge in [-0.3, -0.25) is 0 Å². The zero-order chi connectivity index (χ0) is 15.8. The summed E-state index contributed by atoms with van der Waals surface area (Å²) in [6.07, 6.45) is 1.02. The molecule has 0 atom stereocenters. The number of hydrogen-bond donors (Lipinski definition) is 2. The van der Waals surface area contributed by atoms with Gasteiger partial charge in [0.05, 0.1) is 18.2 Å². The molecule has 3 N–H and O–H groups in total. The van der Waals surface area contributed by atoms with Crippen molar-refractivity contribution in [2.75, 3.05) is 6.54 Å². The summed E-state index contributed by atoms with van der Waals surface area (Å²) in [6, 6.07) is 17.9. The molecule has 0 saturated heterocycles. The van der Waals surface area contributed by atoms with E-state index in [2.05, 4.69) is 23.3 Å². The second kappa shape index (κ2) is 7.84. The Morgan fingerprint density at radius 1 is 1.18 bits per heavy atom. The quantitative estimate of drug-likeness (QED) is 0.657. The van der Waals surface area contributed by atoms with Crippen LogP contribution in [0.5, 0.6) is 0 Å². The van der Waals surface area contributed by atoms with Crippen LogP contribution in [0.15, 0.2) is 53.5 Å². The Morgan fingerprint density at radius 2 is 1.91 bits per heavy atom. The first kappa shape index (κ1) is 15.6. The summed E-state index contributed by atoms with van der Waals surface area (Å²) in [5.41, 5.74) is 9.51. The van der Waals surface area contributed by atoms with Gasteiger partial charge in [0.15, 0.2) is 5.96 Å².